The van der Waals surface area contributed by atoms with Crippen LogP contribution in [0.15, 0.2) is 36.4 Å². The van der Waals surface area contributed by atoms with Gasteiger partial charge >= 0.3 is 10.5 Å². The molecule has 4 saturated carbocycles. The van der Waals surface area contributed by atoms with Gasteiger partial charge in [-0.3, -0.25) is 0 Å². The van der Waals surface area contributed by atoms with Crippen LogP contribution in [0.1, 0.15) is 38.5 Å². The number of rotatable bonds is 0. The Labute approximate surface area is 122 Å². The van der Waals surface area contributed by atoms with Crippen molar-refractivity contribution in [3.05, 3.63) is 36.4 Å². The molecule has 0 amide bonds. The fourth-order valence-electron chi connectivity index (χ4n) is 4.37. The number of hydrogen-bond acceptors (Lipinski definition) is 3. The molecule has 110 valence electrons. The molecule has 4 fully saturated rings. The topological polar surface area (TPSA) is 58.0 Å². The van der Waals surface area contributed by atoms with Crippen LogP contribution in [0, 0.1) is 28.5 Å². The quantitative estimate of drug-likeness (QED) is 0.781. The first kappa shape index (κ1) is 15.2. The van der Waals surface area contributed by atoms with Crippen molar-refractivity contribution >= 4 is 10.5 Å². The van der Waals surface area contributed by atoms with Crippen molar-refractivity contribution in [1.29, 1.82) is 4.78 Å². The largest absolute Gasteiger partial charge is 0.308 e. The summed E-state index contributed by atoms with van der Waals surface area (Å²) >= 11 is 0. The maximum Gasteiger partial charge on any atom is 0.308 e. The lowest BCUT2D eigenvalue weighted by Crippen LogP contribution is -2.38. The molecule has 3 nitrogen and oxygen atoms in total. The lowest BCUT2D eigenvalue weighted by Gasteiger charge is -2.49. The third-order valence-electron chi connectivity index (χ3n) is 4.67. The zero-order chi connectivity index (χ0) is 14.4. The van der Waals surface area contributed by atoms with Crippen LogP contribution in [0.5, 0.6) is 0 Å². The van der Waals surface area contributed by atoms with Gasteiger partial charge in [-0.25, -0.2) is 0 Å². The van der Waals surface area contributed by atoms with Crippen molar-refractivity contribution in [3.63, 3.8) is 0 Å². The first-order chi connectivity index (χ1) is 9.63. The number of hydrogen-bond donors (Lipinski definition) is 1. The van der Waals surface area contributed by atoms with Crippen molar-refractivity contribution in [2.45, 2.75) is 38.5 Å². The van der Waals surface area contributed by atoms with E-state index in [0.717, 1.165) is 0 Å². The standard InChI is InChI=1S/C10H16.C6H6.HNO2S/c1-7-2-9-4-8(1)5-10(3-7)6-9;1-2-4-6-5-3-1;1-4(2)3/h7-10H,1-6H2;1-6H;1H. The van der Waals surface area contributed by atoms with Gasteiger partial charge in [-0.1, -0.05) is 36.4 Å². The third kappa shape index (κ3) is 5.08. The second-order valence-electron chi connectivity index (χ2n) is 6.27. The summed E-state index contributed by atoms with van der Waals surface area (Å²) in [6.07, 6.45) is 9.62. The molecule has 20 heavy (non-hydrogen) atoms. The second-order valence-corrected chi connectivity index (χ2v) is 6.74. The molecule has 0 atom stereocenters. The summed E-state index contributed by atoms with van der Waals surface area (Å²) in [6.45, 7) is 0. The van der Waals surface area contributed by atoms with Crippen LogP contribution in [-0.4, -0.2) is 8.42 Å². The Hall–Kier alpha value is -1.16. The van der Waals surface area contributed by atoms with Gasteiger partial charge < -0.3 is 0 Å². The maximum atomic E-state index is 8.67. The molecular formula is C16H23NO2S. The summed E-state index contributed by atoms with van der Waals surface area (Å²) < 4.78 is 22.8. The minimum absolute atomic E-state index is 1.18. The minimum Gasteiger partial charge on any atom is -0.188 e. The normalized spacial score (nSPS) is 32.4. The van der Waals surface area contributed by atoms with Gasteiger partial charge in [0.1, 0.15) is 0 Å². The SMILES string of the molecule is C1C2CC3CC1CC(C2)C3.N=S(=O)=O.c1ccccc1. The van der Waals surface area contributed by atoms with Crippen LogP contribution in [-0.2, 0) is 10.5 Å². The molecule has 4 aliphatic rings. The summed E-state index contributed by atoms with van der Waals surface area (Å²) in [5.74, 6) is 4.71. The van der Waals surface area contributed by atoms with E-state index in [0.29, 0.717) is 0 Å². The molecule has 1 aromatic carbocycles. The second kappa shape index (κ2) is 7.58. The fourth-order valence-corrected chi connectivity index (χ4v) is 4.37. The lowest BCUT2D eigenvalue weighted by atomic mass is 9.56. The number of benzene rings is 1. The molecule has 1 aromatic rings. The van der Waals surface area contributed by atoms with E-state index in [-0.39, 0.29) is 0 Å². The molecule has 0 saturated heterocycles. The van der Waals surface area contributed by atoms with Crippen molar-refractivity contribution in [3.8, 4) is 0 Å². The van der Waals surface area contributed by atoms with Crippen molar-refractivity contribution in [2.75, 3.05) is 0 Å². The molecule has 4 heteroatoms. The molecule has 0 heterocycles. The molecule has 4 aliphatic carbocycles. The van der Waals surface area contributed by atoms with E-state index in [1.165, 1.54) is 23.7 Å². The van der Waals surface area contributed by atoms with E-state index in [9.17, 15) is 0 Å². The molecular weight excluding hydrogens is 270 g/mol. The van der Waals surface area contributed by atoms with Gasteiger partial charge in [-0.05, 0) is 62.2 Å². The summed E-state index contributed by atoms with van der Waals surface area (Å²) in [6, 6.07) is 12.0. The smallest absolute Gasteiger partial charge is 0.188 e. The molecule has 0 radical (unpaired) electrons. The van der Waals surface area contributed by atoms with Gasteiger partial charge in [-0.2, -0.15) is 13.2 Å². The zero-order valence-corrected chi connectivity index (χ0v) is 12.6. The van der Waals surface area contributed by atoms with Gasteiger partial charge in [0.05, 0.1) is 0 Å². The average Bonchev–Trinajstić information content (AvgIpc) is 2.39. The van der Waals surface area contributed by atoms with Crippen LogP contribution in [0.2, 0.25) is 0 Å². The van der Waals surface area contributed by atoms with Crippen LogP contribution < -0.4 is 0 Å². The van der Waals surface area contributed by atoms with Crippen molar-refractivity contribution in [2.24, 2.45) is 23.7 Å². The molecule has 0 aromatic heterocycles. The van der Waals surface area contributed by atoms with Crippen LogP contribution in [0.25, 0.3) is 0 Å². The Kier molecular flexibility index (Phi) is 5.77. The number of nitrogens with one attached hydrogen (secondary N) is 1. The predicted molar refractivity (Wildman–Crippen MR) is 79.7 cm³/mol. The van der Waals surface area contributed by atoms with Gasteiger partial charge in [0, 0.05) is 0 Å². The summed E-state index contributed by atoms with van der Waals surface area (Å²) in [5, 5.41) is 0. The molecule has 0 unspecified atom stereocenters. The highest BCUT2D eigenvalue weighted by Crippen LogP contribution is 2.53. The van der Waals surface area contributed by atoms with E-state index in [4.69, 9.17) is 13.2 Å². The van der Waals surface area contributed by atoms with Crippen molar-refractivity contribution < 1.29 is 8.42 Å². The predicted octanol–water partition coefficient (Wildman–Crippen LogP) is 4.15. The van der Waals surface area contributed by atoms with Gasteiger partial charge in [0.15, 0.2) is 0 Å². The van der Waals surface area contributed by atoms with Gasteiger partial charge in [0.2, 0.25) is 0 Å². The van der Waals surface area contributed by atoms with E-state index in [2.05, 4.69) is 0 Å². The van der Waals surface area contributed by atoms with Gasteiger partial charge in [-0.15, -0.1) is 0 Å². The Bertz CT molecular complexity index is 408. The maximum absolute atomic E-state index is 8.67. The molecule has 0 spiro atoms. The van der Waals surface area contributed by atoms with E-state index in [1.54, 1.807) is 38.5 Å². The highest BCUT2D eigenvalue weighted by Gasteiger charge is 2.41. The molecule has 5 rings (SSSR count). The Morgan fingerprint density at radius 1 is 0.600 bits per heavy atom. The van der Waals surface area contributed by atoms with E-state index in [1.807, 2.05) is 36.4 Å². The van der Waals surface area contributed by atoms with E-state index >= 15 is 0 Å². The summed E-state index contributed by atoms with van der Waals surface area (Å²) in [4.78, 5) is 0. The zero-order valence-electron chi connectivity index (χ0n) is 11.7. The monoisotopic (exact) mass is 293 g/mol. The highest BCUT2D eigenvalue weighted by molar-refractivity contribution is 7.60. The first-order valence-electron chi connectivity index (χ1n) is 7.44. The van der Waals surface area contributed by atoms with Crippen LogP contribution in [0.3, 0.4) is 0 Å². The molecule has 1 N–H and O–H groups in total. The minimum atomic E-state index is -2.61. The Morgan fingerprint density at radius 2 is 0.750 bits per heavy atom. The molecule has 0 aliphatic heterocycles. The third-order valence-corrected chi connectivity index (χ3v) is 4.67. The lowest BCUT2D eigenvalue weighted by molar-refractivity contribution is 0.0198. The van der Waals surface area contributed by atoms with Crippen LogP contribution >= 0.6 is 0 Å². The highest BCUT2D eigenvalue weighted by atomic mass is 32.2. The van der Waals surface area contributed by atoms with Crippen LogP contribution in [0.4, 0.5) is 0 Å². The first-order valence-corrected chi connectivity index (χ1v) is 8.51. The fraction of sp³-hybridized carbons (Fsp3) is 0.625. The Morgan fingerprint density at radius 3 is 0.900 bits per heavy atom. The average molecular weight is 293 g/mol. The summed E-state index contributed by atoms with van der Waals surface area (Å²) in [5.41, 5.74) is 0. The molecule has 4 bridgehead atoms. The van der Waals surface area contributed by atoms with Crippen molar-refractivity contribution in [1.82, 2.24) is 0 Å². The van der Waals surface area contributed by atoms with Gasteiger partial charge in [0.25, 0.3) is 0 Å². The Balaban J connectivity index is 0.000000127. The summed E-state index contributed by atoms with van der Waals surface area (Å²) in [7, 11) is -2.61. The van der Waals surface area contributed by atoms with E-state index < -0.39 is 10.5 Å².